The fraction of sp³-hybridized carbons (Fsp3) is 0.222. The lowest BCUT2D eigenvalue weighted by Crippen LogP contribution is -2.07. The number of aryl methyl sites for hydroxylation is 1. The molecule has 0 aliphatic carbocycles. The minimum atomic E-state index is -0.606. The molecule has 0 aliphatic heterocycles. The van der Waals surface area contributed by atoms with E-state index in [1.54, 1.807) is 0 Å². The van der Waals surface area contributed by atoms with Gasteiger partial charge in [0, 0.05) is 11.1 Å². The van der Waals surface area contributed by atoms with E-state index in [0.717, 1.165) is 10.7 Å². The van der Waals surface area contributed by atoms with E-state index in [1.165, 1.54) is 17.7 Å². The second-order valence-corrected chi connectivity index (χ2v) is 4.39. The number of nitro groups is 1. The van der Waals surface area contributed by atoms with Crippen LogP contribution in [0.2, 0.25) is 0 Å². The molecule has 0 bridgehead atoms. The molecule has 0 aliphatic rings. The molecule has 2 aromatic rings. The van der Waals surface area contributed by atoms with Crippen molar-refractivity contribution in [2.75, 3.05) is 11.1 Å². The minimum absolute atomic E-state index is 0.0975. The molecule has 0 unspecified atom stereocenters. The Balaban J connectivity index is 2.19. The largest absolute Gasteiger partial charge is 0.378 e. The van der Waals surface area contributed by atoms with E-state index < -0.39 is 4.92 Å². The van der Waals surface area contributed by atoms with Gasteiger partial charge in [-0.05, 0) is 6.92 Å². The van der Waals surface area contributed by atoms with Crippen molar-refractivity contribution in [3.63, 3.8) is 0 Å². The first kappa shape index (κ1) is 12.2. The van der Waals surface area contributed by atoms with E-state index >= 15 is 0 Å². The van der Waals surface area contributed by atoms with Crippen LogP contribution in [0.4, 0.5) is 17.3 Å². The average molecular weight is 266 g/mol. The maximum Gasteiger partial charge on any atom is 0.352 e. The number of thiazole rings is 1. The number of aromatic nitrogens is 3. The first-order valence-corrected chi connectivity index (χ1v) is 5.85. The van der Waals surface area contributed by atoms with E-state index in [1.807, 2.05) is 12.3 Å². The van der Waals surface area contributed by atoms with Gasteiger partial charge < -0.3 is 11.1 Å². The molecule has 0 atom stereocenters. The van der Waals surface area contributed by atoms with E-state index in [0.29, 0.717) is 6.54 Å². The van der Waals surface area contributed by atoms with Crippen LogP contribution in [0.5, 0.6) is 0 Å². The molecule has 9 heteroatoms. The lowest BCUT2D eigenvalue weighted by molar-refractivity contribution is -0.383. The molecule has 94 valence electrons. The van der Waals surface area contributed by atoms with Gasteiger partial charge in [-0.2, -0.15) is 0 Å². The summed E-state index contributed by atoms with van der Waals surface area (Å²) in [5.41, 5.74) is 6.05. The van der Waals surface area contributed by atoms with Crippen LogP contribution < -0.4 is 11.1 Å². The number of anilines is 2. The quantitative estimate of drug-likeness (QED) is 0.632. The lowest BCUT2D eigenvalue weighted by Gasteiger charge is -2.04. The van der Waals surface area contributed by atoms with Crippen molar-refractivity contribution in [3.8, 4) is 0 Å². The van der Waals surface area contributed by atoms with Gasteiger partial charge in [0.2, 0.25) is 11.6 Å². The smallest absolute Gasteiger partial charge is 0.352 e. The van der Waals surface area contributed by atoms with Gasteiger partial charge >= 0.3 is 5.69 Å². The summed E-state index contributed by atoms with van der Waals surface area (Å²) in [6.45, 7) is 2.24. The van der Waals surface area contributed by atoms with Crippen LogP contribution in [-0.4, -0.2) is 19.9 Å². The van der Waals surface area contributed by atoms with Crippen molar-refractivity contribution in [2.45, 2.75) is 13.5 Å². The summed E-state index contributed by atoms with van der Waals surface area (Å²) in [5, 5.41) is 16.4. The van der Waals surface area contributed by atoms with Gasteiger partial charge in [0.05, 0.1) is 11.5 Å². The highest BCUT2D eigenvalue weighted by Gasteiger charge is 2.20. The normalized spacial score (nSPS) is 10.3. The highest BCUT2D eigenvalue weighted by molar-refractivity contribution is 7.09. The molecule has 0 radical (unpaired) electrons. The summed E-state index contributed by atoms with van der Waals surface area (Å²) in [4.78, 5) is 21.9. The maximum atomic E-state index is 10.9. The first-order chi connectivity index (χ1) is 8.58. The molecule has 0 amide bonds. The highest BCUT2D eigenvalue weighted by atomic mass is 32.1. The van der Waals surface area contributed by atoms with E-state index in [9.17, 15) is 10.1 Å². The predicted molar refractivity (Wildman–Crippen MR) is 67.3 cm³/mol. The Morgan fingerprint density at radius 1 is 1.56 bits per heavy atom. The van der Waals surface area contributed by atoms with Crippen molar-refractivity contribution in [3.05, 3.63) is 32.5 Å². The fourth-order valence-electron chi connectivity index (χ4n) is 1.34. The van der Waals surface area contributed by atoms with Gasteiger partial charge in [0.25, 0.3) is 0 Å². The maximum absolute atomic E-state index is 10.9. The van der Waals surface area contributed by atoms with Crippen LogP contribution in [0.3, 0.4) is 0 Å². The van der Waals surface area contributed by atoms with Crippen LogP contribution in [0.1, 0.15) is 10.7 Å². The third-order valence-electron chi connectivity index (χ3n) is 2.11. The molecule has 0 fully saturated rings. The Kier molecular flexibility index (Phi) is 3.33. The molecule has 0 saturated heterocycles. The first-order valence-electron chi connectivity index (χ1n) is 4.97. The van der Waals surface area contributed by atoms with Crippen LogP contribution in [0.15, 0.2) is 11.7 Å². The van der Waals surface area contributed by atoms with Crippen molar-refractivity contribution >= 4 is 28.7 Å². The third kappa shape index (κ3) is 2.51. The lowest BCUT2D eigenvalue weighted by atomic mass is 10.4. The number of nitrogen functional groups attached to an aromatic ring is 1. The van der Waals surface area contributed by atoms with Crippen LogP contribution in [-0.2, 0) is 6.54 Å². The molecular weight excluding hydrogens is 256 g/mol. The SMILES string of the molecule is Cc1csc(CNc2ncnc(N)c2[N+](=O)[O-])n1. The Morgan fingerprint density at radius 2 is 2.33 bits per heavy atom. The summed E-state index contributed by atoms with van der Waals surface area (Å²) >= 11 is 1.47. The fourth-order valence-corrected chi connectivity index (χ4v) is 2.06. The van der Waals surface area contributed by atoms with Gasteiger partial charge in [0.1, 0.15) is 11.3 Å². The summed E-state index contributed by atoms with van der Waals surface area (Å²) < 4.78 is 0. The van der Waals surface area contributed by atoms with Gasteiger partial charge in [0.15, 0.2) is 0 Å². The van der Waals surface area contributed by atoms with E-state index in [-0.39, 0.29) is 17.3 Å². The Hall–Kier alpha value is -2.29. The monoisotopic (exact) mass is 266 g/mol. The van der Waals surface area contributed by atoms with Gasteiger partial charge in [-0.3, -0.25) is 10.1 Å². The topological polar surface area (TPSA) is 120 Å². The summed E-state index contributed by atoms with van der Waals surface area (Å²) in [6, 6.07) is 0. The molecule has 18 heavy (non-hydrogen) atoms. The number of nitrogens with zero attached hydrogens (tertiary/aromatic N) is 4. The van der Waals surface area contributed by atoms with Crippen LogP contribution in [0.25, 0.3) is 0 Å². The molecule has 0 saturated carbocycles. The number of hydrogen-bond acceptors (Lipinski definition) is 8. The van der Waals surface area contributed by atoms with Crippen molar-refractivity contribution < 1.29 is 4.92 Å². The van der Waals surface area contributed by atoms with Crippen molar-refractivity contribution in [1.82, 2.24) is 15.0 Å². The zero-order valence-corrected chi connectivity index (χ0v) is 10.3. The van der Waals surface area contributed by atoms with Gasteiger partial charge in [-0.1, -0.05) is 0 Å². The zero-order chi connectivity index (χ0) is 13.1. The molecule has 2 aromatic heterocycles. The average Bonchev–Trinajstić information content (AvgIpc) is 2.72. The number of nitrogens with one attached hydrogen (secondary N) is 1. The van der Waals surface area contributed by atoms with E-state index in [2.05, 4.69) is 20.3 Å². The Labute approximate surface area is 106 Å². The molecule has 8 nitrogen and oxygen atoms in total. The second-order valence-electron chi connectivity index (χ2n) is 3.45. The summed E-state index contributed by atoms with van der Waals surface area (Å²) in [7, 11) is 0. The minimum Gasteiger partial charge on any atom is -0.378 e. The molecule has 0 spiro atoms. The van der Waals surface area contributed by atoms with Crippen LogP contribution >= 0.6 is 11.3 Å². The van der Waals surface area contributed by atoms with Gasteiger partial charge in [-0.15, -0.1) is 11.3 Å². The Bertz CT molecular complexity index is 584. The third-order valence-corrected chi connectivity index (χ3v) is 3.07. The summed E-state index contributed by atoms with van der Waals surface area (Å²) in [6.07, 6.45) is 1.18. The van der Waals surface area contributed by atoms with Gasteiger partial charge in [-0.25, -0.2) is 15.0 Å². The van der Waals surface area contributed by atoms with Crippen molar-refractivity contribution in [2.24, 2.45) is 0 Å². The van der Waals surface area contributed by atoms with E-state index in [4.69, 9.17) is 5.73 Å². The highest BCUT2D eigenvalue weighted by Crippen LogP contribution is 2.26. The van der Waals surface area contributed by atoms with Crippen molar-refractivity contribution in [1.29, 1.82) is 0 Å². The molecule has 3 N–H and O–H groups in total. The van der Waals surface area contributed by atoms with Crippen LogP contribution in [0, 0.1) is 17.0 Å². The Morgan fingerprint density at radius 3 is 2.94 bits per heavy atom. The standard InChI is InChI=1S/C9H10N6O2S/c1-5-3-18-6(14-5)2-11-9-7(15(16)17)8(10)12-4-13-9/h3-4H,2H2,1H3,(H3,10,11,12,13). The zero-order valence-electron chi connectivity index (χ0n) is 9.45. The molecule has 2 rings (SSSR count). The number of hydrogen-bond donors (Lipinski definition) is 2. The number of nitrogens with two attached hydrogens (primary N) is 1. The predicted octanol–water partition coefficient (Wildman–Crippen LogP) is 1.34. The molecular formula is C9H10N6O2S. The number of rotatable bonds is 4. The second kappa shape index (κ2) is 4.92. The molecule has 0 aromatic carbocycles. The summed E-state index contributed by atoms with van der Waals surface area (Å²) in [5.74, 6) is -0.0619. The molecule has 2 heterocycles.